The van der Waals surface area contributed by atoms with Gasteiger partial charge in [-0.2, -0.15) is 0 Å². The molecule has 0 N–H and O–H groups in total. The van der Waals surface area contributed by atoms with E-state index < -0.39 is 0 Å². The third-order valence-electron chi connectivity index (χ3n) is 5.01. The first-order valence-electron chi connectivity index (χ1n) is 8.85. The maximum absolute atomic E-state index is 12.7. The summed E-state index contributed by atoms with van der Waals surface area (Å²) in [6.45, 7) is 1.84. The van der Waals surface area contributed by atoms with Crippen molar-refractivity contribution in [3.63, 3.8) is 0 Å². The van der Waals surface area contributed by atoms with Crippen LogP contribution in [-0.2, 0) is 16.0 Å². The molecule has 2 aliphatic rings. The molecule has 0 radical (unpaired) electrons. The average molecular weight is 314 g/mol. The van der Waals surface area contributed by atoms with Gasteiger partial charge < -0.3 is 9.80 Å². The van der Waals surface area contributed by atoms with Gasteiger partial charge in [0.05, 0.1) is 6.54 Å². The van der Waals surface area contributed by atoms with Crippen LogP contribution in [0.1, 0.15) is 44.1 Å². The van der Waals surface area contributed by atoms with Gasteiger partial charge >= 0.3 is 0 Å². The Morgan fingerprint density at radius 1 is 1.04 bits per heavy atom. The first-order chi connectivity index (χ1) is 11.2. The fourth-order valence-corrected chi connectivity index (χ4v) is 3.72. The first kappa shape index (κ1) is 16.0. The Kier molecular flexibility index (Phi) is 5.31. The van der Waals surface area contributed by atoms with E-state index in [-0.39, 0.29) is 24.4 Å². The molecule has 0 aromatic heterocycles. The molecule has 0 bridgehead atoms. The zero-order valence-electron chi connectivity index (χ0n) is 13.7. The summed E-state index contributed by atoms with van der Waals surface area (Å²) in [5.41, 5.74) is 1.28. The lowest BCUT2D eigenvalue weighted by molar-refractivity contribution is -0.140. The molecule has 2 aliphatic heterocycles. The van der Waals surface area contributed by atoms with E-state index in [0.29, 0.717) is 6.42 Å². The average Bonchev–Trinajstić information content (AvgIpc) is 2.93. The molecule has 124 valence electrons. The van der Waals surface area contributed by atoms with Gasteiger partial charge in [0.2, 0.25) is 11.8 Å². The topological polar surface area (TPSA) is 40.6 Å². The third kappa shape index (κ3) is 4.12. The minimum absolute atomic E-state index is 0.124. The summed E-state index contributed by atoms with van der Waals surface area (Å²) >= 11 is 0. The molecule has 0 saturated carbocycles. The minimum atomic E-state index is 0.124. The molecule has 4 nitrogen and oxygen atoms in total. The molecule has 1 aromatic carbocycles. The number of benzene rings is 1. The summed E-state index contributed by atoms with van der Waals surface area (Å²) in [7, 11) is 0. The van der Waals surface area contributed by atoms with Crippen molar-refractivity contribution in [1.29, 1.82) is 0 Å². The summed E-state index contributed by atoms with van der Waals surface area (Å²) in [6, 6.07) is 10.6. The van der Waals surface area contributed by atoms with E-state index in [1.54, 1.807) is 4.90 Å². The Hall–Kier alpha value is -1.84. The first-order valence-corrected chi connectivity index (χ1v) is 8.85. The van der Waals surface area contributed by atoms with Gasteiger partial charge in [-0.25, -0.2) is 0 Å². The van der Waals surface area contributed by atoms with E-state index in [4.69, 9.17) is 0 Å². The van der Waals surface area contributed by atoms with E-state index >= 15 is 0 Å². The molecule has 2 fully saturated rings. The van der Waals surface area contributed by atoms with Gasteiger partial charge in [0, 0.05) is 25.6 Å². The molecule has 2 saturated heterocycles. The predicted molar refractivity (Wildman–Crippen MR) is 89.9 cm³/mol. The molecular weight excluding hydrogens is 288 g/mol. The molecule has 2 amide bonds. The van der Waals surface area contributed by atoms with Crippen molar-refractivity contribution < 1.29 is 9.59 Å². The number of amides is 2. The van der Waals surface area contributed by atoms with Crippen molar-refractivity contribution in [2.24, 2.45) is 0 Å². The third-order valence-corrected chi connectivity index (χ3v) is 5.01. The second-order valence-corrected chi connectivity index (χ2v) is 6.70. The van der Waals surface area contributed by atoms with Crippen molar-refractivity contribution in [2.75, 3.05) is 19.6 Å². The zero-order valence-corrected chi connectivity index (χ0v) is 13.7. The number of carbonyl (C=O) groups is 2. The summed E-state index contributed by atoms with van der Waals surface area (Å²) in [4.78, 5) is 28.6. The fraction of sp³-hybridized carbons (Fsp3) is 0.579. The highest BCUT2D eigenvalue weighted by Crippen LogP contribution is 2.22. The summed E-state index contributed by atoms with van der Waals surface area (Å²) in [6.07, 6.45) is 6.72. The lowest BCUT2D eigenvalue weighted by Crippen LogP contribution is -2.45. The number of nitrogens with zero attached hydrogens (tertiary/aromatic N) is 2. The highest BCUT2D eigenvalue weighted by molar-refractivity contribution is 5.85. The van der Waals surface area contributed by atoms with Gasteiger partial charge in [0.15, 0.2) is 0 Å². The van der Waals surface area contributed by atoms with Gasteiger partial charge in [-0.05, 0) is 37.7 Å². The van der Waals surface area contributed by atoms with Gasteiger partial charge in [-0.15, -0.1) is 0 Å². The van der Waals surface area contributed by atoms with Crippen molar-refractivity contribution in [1.82, 2.24) is 9.80 Å². The molecule has 23 heavy (non-hydrogen) atoms. The summed E-state index contributed by atoms with van der Waals surface area (Å²) in [5.74, 6) is 0.272. The van der Waals surface area contributed by atoms with E-state index in [0.717, 1.165) is 51.6 Å². The molecule has 1 atom stereocenters. The molecule has 1 aromatic rings. The van der Waals surface area contributed by atoms with Gasteiger partial charge in [-0.1, -0.05) is 36.8 Å². The van der Waals surface area contributed by atoms with Gasteiger partial charge in [0.25, 0.3) is 0 Å². The lowest BCUT2D eigenvalue weighted by atomic mass is 10.0. The standard InChI is InChI=1S/C19H26N2O2/c22-18-11-5-2-6-12-20(18)15-19(23)21-13-7-10-17(21)14-16-8-3-1-4-9-16/h1,3-4,8-9,17H,2,5-7,10-15H2. The summed E-state index contributed by atoms with van der Waals surface area (Å²) in [5, 5.41) is 0. The van der Waals surface area contributed by atoms with Gasteiger partial charge in [0.1, 0.15) is 0 Å². The quantitative estimate of drug-likeness (QED) is 0.857. The molecule has 2 heterocycles. The second kappa shape index (κ2) is 7.62. The molecule has 4 heteroatoms. The van der Waals surface area contributed by atoms with Crippen molar-refractivity contribution in [3.8, 4) is 0 Å². The van der Waals surface area contributed by atoms with Crippen LogP contribution in [0.2, 0.25) is 0 Å². The van der Waals surface area contributed by atoms with Crippen LogP contribution < -0.4 is 0 Å². The number of likely N-dealkylation sites (tertiary alicyclic amines) is 2. The normalized spacial score (nSPS) is 22.3. The molecule has 0 spiro atoms. The van der Waals surface area contributed by atoms with Crippen LogP contribution in [0.4, 0.5) is 0 Å². The lowest BCUT2D eigenvalue weighted by Gasteiger charge is -2.28. The predicted octanol–water partition coefficient (Wildman–Crippen LogP) is 2.62. The van der Waals surface area contributed by atoms with E-state index in [1.165, 1.54) is 5.56 Å². The Bertz CT molecular complexity index is 544. The van der Waals surface area contributed by atoms with Crippen LogP contribution in [0.3, 0.4) is 0 Å². The minimum Gasteiger partial charge on any atom is -0.338 e. The van der Waals surface area contributed by atoms with Crippen LogP contribution in [0.15, 0.2) is 30.3 Å². The monoisotopic (exact) mass is 314 g/mol. The van der Waals surface area contributed by atoms with Crippen LogP contribution in [0.5, 0.6) is 0 Å². The van der Waals surface area contributed by atoms with E-state index in [9.17, 15) is 9.59 Å². The number of hydrogen-bond acceptors (Lipinski definition) is 2. The Balaban J connectivity index is 1.60. The molecule has 0 aliphatic carbocycles. The maximum Gasteiger partial charge on any atom is 0.242 e. The van der Waals surface area contributed by atoms with E-state index in [2.05, 4.69) is 12.1 Å². The van der Waals surface area contributed by atoms with Gasteiger partial charge in [-0.3, -0.25) is 9.59 Å². The highest BCUT2D eigenvalue weighted by atomic mass is 16.2. The Morgan fingerprint density at radius 2 is 1.87 bits per heavy atom. The molecule has 1 unspecified atom stereocenters. The van der Waals surface area contributed by atoms with Crippen LogP contribution in [0, 0.1) is 0 Å². The number of rotatable bonds is 4. The Morgan fingerprint density at radius 3 is 2.70 bits per heavy atom. The van der Waals surface area contributed by atoms with Crippen LogP contribution in [0.25, 0.3) is 0 Å². The smallest absolute Gasteiger partial charge is 0.242 e. The van der Waals surface area contributed by atoms with E-state index in [1.807, 2.05) is 23.1 Å². The van der Waals surface area contributed by atoms with Crippen molar-refractivity contribution in [3.05, 3.63) is 35.9 Å². The number of carbonyl (C=O) groups excluding carboxylic acids is 2. The summed E-state index contributed by atoms with van der Waals surface area (Å²) < 4.78 is 0. The second-order valence-electron chi connectivity index (χ2n) is 6.70. The Labute approximate surface area is 138 Å². The zero-order chi connectivity index (χ0) is 16.1. The largest absolute Gasteiger partial charge is 0.338 e. The fourth-order valence-electron chi connectivity index (χ4n) is 3.72. The number of hydrogen-bond donors (Lipinski definition) is 0. The SMILES string of the molecule is O=C1CCCCCN1CC(=O)N1CCCC1Cc1ccccc1. The van der Waals surface area contributed by atoms with Crippen molar-refractivity contribution in [2.45, 2.75) is 51.0 Å². The van der Waals surface area contributed by atoms with Crippen LogP contribution >= 0.6 is 0 Å². The van der Waals surface area contributed by atoms with Crippen LogP contribution in [-0.4, -0.2) is 47.3 Å². The molecular formula is C19H26N2O2. The molecule has 3 rings (SSSR count). The highest BCUT2D eigenvalue weighted by Gasteiger charge is 2.30. The van der Waals surface area contributed by atoms with Crippen molar-refractivity contribution >= 4 is 11.8 Å². The maximum atomic E-state index is 12.7.